The van der Waals surface area contributed by atoms with Gasteiger partial charge in [0.2, 0.25) is 0 Å². The molecule has 0 N–H and O–H groups in total. The Kier molecular flexibility index (Phi) is 5.90. The van der Waals surface area contributed by atoms with E-state index in [0.717, 1.165) is 63.6 Å². The Morgan fingerprint density at radius 2 is 1.86 bits per heavy atom. The highest BCUT2D eigenvalue weighted by Gasteiger charge is 2.21. The molecule has 0 aliphatic carbocycles. The molecule has 0 amide bonds. The molecular formula is C30H30N6O. The molecular weight excluding hydrogens is 460 g/mol. The van der Waals surface area contributed by atoms with Crippen LogP contribution in [0.1, 0.15) is 24.2 Å². The fraction of sp³-hybridized carbons (Fsp3) is 0.300. The molecule has 4 heterocycles. The number of imidazole rings is 2. The number of piperidine rings is 1. The summed E-state index contributed by atoms with van der Waals surface area (Å²) < 4.78 is 10.7. The van der Waals surface area contributed by atoms with Gasteiger partial charge >= 0.3 is 0 Å². The van der Waals surface area contributed by atoms with Crippen LogP contribution in [0.2, 0.25) is 0 Å². The van der Waals surface area contributed by atoms with Crippen LogP contribution < -0.4 is 4.74 Å². The minimum atomic E-state index is 0.509. The van der Waals surface area contributed by atoms with Gasteiger partial charge in [0.05, 0.1) is 47.5 Å². The number of fused-ring (bicyclic) bond motifs is 2. The second kappa shape index (κ2) is 9.38. The summed E-state index contributed by atoms with van der Waals surface area (Å²) in [5.41, 5.74) is 7.74. The van der Waals surface area contributed by atoms with Crippen molar-refractivity contribution >= 4 is 16.6 Å². The van der Waals surface area contributed by atoms with E-state index in [4.69, 9.17) is 9.72 Å². The van der Waals surface area contributed by atoms with Crippen LogP contribution in [-0.4, -0.2) is 50.6 Å². The normalized spacial score (nSPS) is 16.3. The molecule has 7 nitrogen and oxygen atoms in total. The van der Waals surface area contributed by atoms with E-state index in [2.05, 4.69) is 56.2 Å². The van der Waals surface area contributed by atoms with E-state index in [9.17, 15) is 5.26 Å². The molecule has 0 radical (unpaired) electrons. The number of rotatable bonds is 5. The van der Waals surface area contributed by atoms with Gasteiger partial charge in [-0.15, -0.1) is 0 Å². The maximum atomic E-state index is 9.33. The third-order valence-corrected chi connectivity index (χ3v) is 7.56. The fourth-order valence-electron chi connectivity index (χ4n) is 5.50. The smallest absolute Gasteiger partial charge is 0.145 e. The van der Waals surface area contributed by atoms with Crippen LogP contribution in [0.15, 0.2) is 61.1 Å². The molecule has 37 heavy (non-hydrogen) atoms. The summed E-state index contributed by atoms with van der Waals surface area (Å²) in [4.78, 5) is 11.7. The Hall–Kier alpha value is -4.15. The average Bonchev–Trinajstić information content (AvgIpc) is 3.51. The Balaban J connectivity index is 1.50. The number of ether oxygens (including phenoxy) is 1. The van der Waals surface area contributed by atoms with Crippen molar-refractivity contribution in [3.8, 4) is 34.2 Å². The van der Waals surface area contributed by atoms with Crippen molar-refractivity contribution in [2.75, 3.05) is 26.7 Å². The maximum Gasteiger partial charge on any atom is 0.145 e. The highest BCUT2D eigenvalue weighted by molar-refractivity contribution is 5.90. The summed E-state index contributed by atoms with van der Waals surface area (Å²) in [6.07, 6.45) is 6.12. The number of aryl methyl sites for hydroxylation is 2. The molecule has 0 bridgehead atoms. The summed E-state index contributed by atoms with van der Waals surface area (Å²) in [5, 5.41) is 9.33. The summed E-state index contributed by atoms with van der Waals surface area (Å²) in [6.45, 7) is 4.91. The quantitative estimate of drug-likeness (QED) is 0.327. The molecule has 0 unspecified atom stereocenters. The zero-order chi connectivity index (χ0) is 25.5. The van der Waals surface area contributed by atoms with E-state index in [1.807, 2.05) is 50.8 Å². The van der Waals surface area contributed by atoms with E-state index in [0.29, 0.717) is 18.1 Å². The summed E-state index contributed by atoms with van der Waals surface area (Å²) in [7, 11) is 4.22. The molecule has 3 aromatic heterocycles. The Bertz CT molecular complexity index is 1640. The molecule has 1 fully saturated rings. The van der Waals surface area contributed by atoms with Gasteiger partial charge in [0.15, 0.2) is 0 Å². The number of pyridine rings is 1. The summed E-state index contributed by atoms with van der Waals surface area (Å²) >= 11 is 0. The van der Waals surface area contributed by atoms with Crippen molar-refractivity contribution in [1.29, 1.82) is 5.26 Å². The Morgan fingerprint density at radius 1 is 1.05 bits per heavy atom. The van der Waals surface area contributed by atoms with Crippen molar-refractivity contribution in [1.82, 2.24) is 23.8 Å². The first-order chi connectivity index (χ1) is 18.0. The molecule has 5 aromatic rings. The van der Waals surface area contributed by atoms with Crippen LogP contribution in [0.4, 0.5) is 0 Å². The number of benzene rings is 2. The minimum absolute atomic E-state index is 0.509. The van der Waals surface area contributed by atoms with E-state index < -0.39 is 0 Å². The molecule has 2 aromatic carbocycles. The lowest BCUT2D eigenvalue weighted by molar-refractivity contribution is 0.151. The number of aromatic nitrogens is 4. The van der Waals surface area contributed by atoms with Gasteiger partial charge in [-0.1, -0.05) is 18.2 Å². The topological polar surface area (TPSA) is 71.4 Å². The molecule has 1 aliphatic heterocycles. The van der Waals surface area contributed by atoms with E-state index in [1.54, 1.807) is 0 Å². The Morgan fingerprint density at radius 3 is 2.65 bits per heavy atom. The van der Waals surface area contributed by atoms with Crippen molar-refractivity contribution < 1.29 is 4.74 Å². The van der Waals surface area contributed by atoms with Crippen LogP contribution >= 0.6 is 0 Å². The third kappa shape index (κ3) is 4.24. The zero-order valence-electron chi connectivity index (χ0n) is 21.5. The van der Waals surface area contributed by atoms with Crippen molar-refractivity contribution in [2.45, 2.75) is 19.8 Å². The van der Waals surface area contributed by atoms with Crippen LogP contribution in [0.5, 0.6) is 5.75 Å². The lowest BCUT2D eigenvalue weighted by Crippen LogP contribution is -2.34. The van der Waals surface area contributed by atoms with Gasteiger partial charge < -0.3 is 14.2 Å². The van der Waals surface area contributed by atoms with Gasteiger partial charge in [-0.05, 0) is 69.3 Å². The lowest BCUT2D eigenvalue weighted by Gasteiger charge is -2.29. The highest BCUT2D eigenvalue weighted by Crippen LogP contribution is 2.39. The fourth-order valence-corrected chi connectivity index (χ4v) is 5.50. The van der Waals surface area contributed by atoms with E-state index in [-0.39, 0.29) is 0 Å². The van der Waals surface area contributed by atoms with Gasteiger partial charge in [-0.25, -0.2) is 9.97 Å². The molecule has 6 rings (SSSR count). The minimum Gasteiger partial charge on any atom is -0.491 e. The van der Waals surface area contributed by atoms with Gasteiger partial charge in [0, 0.05) is 30.6 Å². The Labute approximate surface area is 216 Å². The number of hydrogen-bond acceptors (Lipinski definition) is 5. The monoisotopic (exact) mass is 490 g/mol. The van der Waals surface area contributed by atoms with Gasteiger partial charge in [0.25, 0.3) is 0 Å². The molecule has 0 saturated carbocycles. The van der Waals surface area contributed by atoms with Gasteiger partial charge in [-0.2, -0.15) is 5.26 Å². The second-order valence-corrected chi connectivity index (χ2v) is 10.1. The van der Waals surface area contributed by atoms with Crippen molar-refractivity contribution in [2.24, 2.45) is 13.0 Å². The molecule has 186 valence electrons. The first-order valence-electron chi connectivity index (χ1n) is 12.8. The first kappa shape index (κ1) is 23.3. The number of hydrogen-bond donors (Lipinski definition) is 0. The van der Waals surface area contributed by atoms with E-state index >= 15 is 0 Å². The number of likely N-dealkylation sites (tertiary alicyclic amines) is 1. The zero-order valence-corrected chi connectivity index (χ0v) is 21.5. The summed E-state index contributed by atoms with van der Waals surface area (Å²) in [6, 6.07) is 18.5. The van der Waals surface area contributed by atoms with E-state index in [1.165, 1.54) is 12.8 Å². The maximum absolute atomic E-state index is 9.33. The third-order valence-electron chi connectivity index (χ3n) is 7.56. The standard InChI is InChI=1S/C30H30N6O/c1-20-33-26-13-24(10-11-27(26)35(20)3)30-25(23-8-6-21(15-31)7-9-23)14-29(28-16-32-19-36(28)30)37-18-22-5-4-12-34(2)17-22/h6-11,13-14,16,19,22H,4-5,12,17-18H2,1-3H3/t22-/m1/s1. The summed E-state index contributed by atoms with van der Waals surface area (Å²) in [5.74, 6) is 2.31. The van der Waals surface area contributed by atoms with Crippen molar-refractivity contribution in [3.63, 3.8) is 0 Å². The van der Waals surface area contributed by atoms with Gasteiger partial charge in [-0.3, -0.25) is 4.40 Å². The largest absolute Gasteiger partial charge is 0.491 e. The molecule has 1 aliphatic rings. The average molecular weight is 491 g/mol. The predicted molar refractivity (Wildman–Crippen MR) is 146 cm³/mol. The second-order valence-electron chi connectivity index (χ2n) is 10.1. The highest BCUT2D eigenvalue weighted by atomic mass is 16.5. The molecule has 1 atom stereocenters. The van der Waals surface area contributed by atoms with Crippen LogP contribution in [0.25, 0.3) is 38.9 Å². The lowest BCUT2D eigenvalue weighted by atomic mass is 9.97. The SMILES string of the molecule is Cc1nc2cc(-c3c(-c4ccc(C#N)cc4)cc(OC[C@@H]4CCCN(C)C4)c4cncn34)ccc2n1C. The van der Waals surface area contributed by atoms with Crippen LogP contribution in [0.3, 0.4) is 0 Å². The molecule has 1 saturated heterocycles. The van der Waals surface area contributed by atoms with Crippen molar-refractivity contribution in [3.05, 3.63) is 72.4 Å². The first-order valence-corrected chi connectivity index (χ1v) is 12.8. The predicted octanol–water partition coefficient (Wildman–Crippen LogP) is 5.46. The van der Waals surface area contributed by atoms with Crippen LogP contribution in [0, 0.1) is 24.2 Å². The molecule has 7 heteroatoms. The van der Waals surface area contributed by atoms with Gasteiger partial charge in [0.1, 0.15) is 17.1 Å². The number of nitrogens with zero attached hydrogens (tertiary/aromatic N) is 6. The van der Waals surface area contributed by atoms with Crippen LogP contribution in [-0.2, 0) is 7.05 Å². The number of nitriles is 1. The molecule has 0 spiro atoms.